The van der Waals surface area contributed by atoms with Crippen LogP contribution in [0.3, 0.4) is 0 Å². The molecule has 2 unspecified atom stereocenters. The molecule has 0 spiro atoms. The number of rotatable bonds is 17. The first kappa shape index (κ1) is 64.8. The van der Waals surface area contributed by atoms with Gasteiger partial charge in [0.1, 0.15) is 77.2 Å². The van der Waals surface area contributed by atoms with Crippen molar-refractivity contribution in [2.24, 2.45) is 17.8 Å². The summed E-state index contributed by atoms with van der Waals surface area (Å²) in [6.45, 7) is 5.02. The predicted molar refractivity (Wildman–Crippen MR) is 338 cm³/mol. The zero-order valence-corrected chi connectivity index (χ0v) is 53.8. The number of aliphatic hydroxyl groups excluding tert-OH is 1. The van der Waals surface area contributed by atoms with Crippen LogP contribution in [0.4, 0.5) is 10.6 Å². The zero-order chi connectivity index (χ0) is 63.9. The van der Waals surface area contributed by atoms with Gasteiger partial charge < -0.3 is 46.1 Å². The molecule has 8 aromatic rings. The summed E-state index contributed by atoms with van der Waals surface area (Å²) in [5.41, 5.74) is 2.50. The number of thiazole rings is 6. The van der Waals surface area contributed by atoms with Crippen molar-refractivity contribution in [3.8, 4) is 43.4 Å². The zero-order valence-electron chi connectivity index (χ0n) is 48.9. The Morgan fingerprint density at radius 2 is 1.48 bits per heavy atom. The number of benzene rings is 1. The minimum atomic E-state index is -1.30. The number of aliphatic carboxylic acids is 2. The van der Waals surface area contributed by atoms with Crippen LogP contribution in [-0.2, 0) is 35.3 Å². The molecule has 5 amide bonds. The molecule has 470 valence electrons. The second-order valence-corrected chi connectivity index (χ2v) is 27.3. The van der Waals surface area contributed by atoms with Crippen LogP contribution in [-0.4, -0.2) is 132 Å². The molecule has 6 atom stereocenters. The predicted octanol–water partition coefficient (Wildman–Crippen LogP) is 9.12. The summed E-state index contributed by atoms with van der Waals surface area (Å²) in [6, 6.07) is 10.0. The number of ether oxygens (including phenoxy) is 2. The molecule has 1 aliphatic carbocycles. The molecule has 25 nitrogen and oxygen atoms in total. The van der Waals surface area contributed by atoms with Crippen molar-refractivity contribution in [2.75, 3.05) is 38.8 Å². The first-order valence-electron chi connectivity index (χ1n) is 28.3. The summed E-state index contributed by atoms with van der Waals surface area (Å²) >= 11 is 7.09. The topological polar surface area (TPSA) is 357 Å². The maximum atomic E-state index is 14.4. The lowest BCUT2D eigenvalue weighted by atomic mass is 9.90. The fourth-order valence-electron chi connectivity index (χ4n) is 9.79. The van der Waals surface area contributed by atoms with Crippen molar-refractivity contribution in [3.05, 3.63) is 111 Å². The third kappa shape index (κ3) is 15.2. The summed E-state index contributed by atoms with van der Waals surface area (Å²) in [4.78, 5) is 143. The van der Waals surface area contributed by atoms with Gasteiger partial charge in [0.25, 0.3) is 11.8 Å². The highest BCUT2D eigenvalue weighted by atomic mass is 32.1. The standard InChI is InChI=1S/C59H60N12O13S6/c1-27(2)32-18-39(72)45-28(3)89-56(69-45)35(19-42(73)60-4)63-50(78)37-24-85-52(65-37)31-14-15-34(54-67-41(26-88-54)71(16-10-9-13-44(75)76)59(82)84-21-30-17-33(30)58(80)81)62-46(31)36-23-86-55(64-36)38-25-87-57(66-38)48(49(77)29-11-7-6-8-12-29)68-43(74)20-61-51(79)47-40(22-83-5)90-53(32)70-47/h6-8,11-12,14-15,23-27,30,32-33,35,48-49,77H,9-10,13,16-22H2,1-5H3,(H,60,73)(H,61,79)(H,63,78)(H,68,74)(H,75,76)(H,80,81)/t30?,32-,33?,35-,48-,49-/m0/s1. The minimum absolute atomic E-state index is 0.00189. The lowest BCUT2D eigenvalue weighted by molar-refractivity contribution is -0.139. The van der Waals surface area contributed by atoms with Crippen LogP contribution in [0.5, 0.6) is 0 Å². The molecule has 1 aromatic carbocycles. The monoisotopic (exact) mass is 1340 g/mol. The average molecular weight is 1340 g/mol. The Hall–Kier alpha value is -8.17. The molecule has 0 saturated heterocycles. The van der Waals surface area contributed by atoms with Crippen LogP contribution in [0.1, 0.15) is 138 Å². The van der Waals surface area contributed by atoms with E-state index in [0.717, 1.165) is 22.7 Å². The smallest absolute Gasteiger partial charge is 0.415 e. The SMILES string of the molecule is CNC(=O)C[C@@H]1NC(=O)c2csc(n2)-c2ccc(-c3nc(N(CCCCC(=O)O)C(=O)OCC4CC4C(=O)O)cs3)nc2-c2csc(n2)-c2csc(n2)[C@H]([C@@H](O)c2ccccc2)NC(=O)CNC(=O)c2nc(sc2COC)[C@H](C(C)C)CC(=O)c2nc1sc2C. The van der Waals surface area contributed by atoms with Crippen LogP contribution in [0, 0.1) is 24.7 Å². The van der Waals surface area contributed by atoms with E-state index in [4.69, 9.17) is 44.4 Å². The number of amides is 5. The molecule has 1 fully saturated rings. The summed E-state index contributed by atoms with van der Waals surface area (Å²) in [6.07, 6.45) is -1.56. The highest BCUT2D eigenvalue weighted by Crippen LogP contribution is 2.42. The van der Waals surface area contributed by atoms with Gasteiger partial charge in [0.2, 0.25) is 11.8 Å². The molecule has 7 aromatic heterocycles. The van der Waals surface area contributed by atoms with E-state index in [9.17, 15) is 53.7 Å². The Labute approximate surface area is 538 Å². The summed E-state index contributed by atoms with van der Waals surface area (Å²) < 4.78 is 11.1. The van der Waals surface area contributed by atoms with Gasteiger partial charge >= 0.3 is 18.0 Å². The summed E-state index contributed by atoms with van der Waals surface area (Å²) in [5.74, 6) is -6.05. The number of carbonyl (C=O) groups excluding carboxylic acids is 6. The highest BCUT2D eigenvalue weighted by molar-refractivity contribution is 7.15. The van der Waals surface area contributed by atoms with Gasteiger partial charge in [-0.05, 0) is 49.8 Å². The first-order chi connectivity index (χ1) is 43.3. The number of carbonyl (C=O) groups is 8. The number of ketones is 1. The van der Waals surface area contributed by atoms with Crippen LogP contribution < -0.4 is 26.2 Å². The van der Waals surface area contributed by atoms with E-state index >= 15 is 0 Å². The Morgan fingerprint density at radius 3 is 2.21 bits per heavy atom. The third-order valence-corrected chi connectivity index (χ3v) is 20.5. The molecular weight excluding hydrogens is 1280 g/mol. The number of carboxylic acid groups (broad SMARTS) is 2. The van der Waals surface area contributed by atoms with Crippen LogP contribution in [0.2, 0.25) is 0 Å². The van der Waals surface area contributed by atoms with Crippen molar-refractivity contribution in [2.45, 2.75) is 90.0 Å². The Bertz CT molecular complexity index is 3990. The lowest BCUT2D eigenvalue weighted by Crippen LogP contribution is -2.40. The fraction of sp³-hybridized carbons (Fsp3) is 0.373. The van der Waals surface area contributed by atoms with Gasteiger partial charge in [-0.1, -0.05) is 44.2 Å². The molecule has 7 N–H and O–H groups in total. The van der Waals surface area contributed by atoms with Gasteiger partial charge in [0.05, 0.1) is 53.7 Å². The number of nitrogens with zero attached hydrogens (tertiary/aromatic N) is 8. The summed E-state index contributed by atoms with van der Waals surface area (Å²) in [5, 5.41) is 50.7. The first-order valence-corrected chi connectivity index (χ1v) is 33.5. The number of carboxylic acids is 2. The highest BCUT2D eigenvalue weighted by Gasteiger charge is 2.44. The normalized spacial score (nSPS) is 18.2. The van der Waals surface area contributed by atoms with E-state index in [1.54, 1.807) is 70.9 Å². The quantitative estimate of drug-likeness (QED) is 0.0418. The van der Waals surface area contributed by atoms with Gasteiger partial charge in [0.15, 0.2) is 5.78 Å². The molecule has 2 aliphatic rings. The minimum Gasteiger partial charge on any atom is -0.481 e. The van der Waals surface area contributed by atoms with Crippen molar-refractivity contribution < 1.29 is 63.1 Å². The Kier molecular flexibility index (Phi) is 20.7. The van der Waals surface area contributed by atoms with E-state index in [0.29, 0.717) is 86.5 Å². The average Bonchev–Trinajstić information content (AvgIpc) is 1.98. The van der Waals surface area contributed by atoms with Gasteiger partial charge in [-0.3, -0.25) is 38.5 Å². The number of aliphatic hydroxyl groups is 1. The van der Waals surface area contributed by atoms with Gasteiger partial charge in [-0.15, -0.1) is 68.0 Å². The van der Waals surface area contributed by atoms with Crippen molar-refractivity contribution >= 4 is 121 Å². The number of Topliss-reactive ketones (excluding diaryl/α,β-unsaturated/α-hetero) is 1. The van der Waals surface area contributed by atoms with Crippen LogP contribution in [0.25, 0.3) is 43.4 Å². The molecule has 31 heteroatoms. The number of aryl methyl sites for hydroxylation is 1. The number of nitrogens with one attached hydrogen (secondary N) is 4. The van der Waals surface area contributed by atoms with E-state index in [1.807, 2.05) is 13.8 Å². The Morgan fingerprint density at radius 1 is 0.756 bits per heavy atom. The van der Waals surface area contributed by atoms with Gasteiger partial charge in [-0.25, -0.2) is 39.7 Å². The molecule has 10 rings (SSSR count). The second-order valence-electron chi connectivity index (χ2n) is 21.4. The number of fused-ring (bicyclic) bond motifs is 14. The lowest BCUT2D eigenvalue weighted by Gasteiger charge is -2.23. The number of anilines is 1. The Balaban J connectivity index is 1.04. The van der Waals surface area contributed by atoms with Crippen LogP contribution in [0.15, 0.2) is 64.0 Å². The molecular formula is C59H60N12O13S6. The largest absolute Gasteiger partial charge is 0.481 e. The van der Waals surface area contributed by atoms with Crippen molar-refractivity contribution in [1.82, 2.24) is 56.2 Å². The maximum Gasteiger partial charge on any atom is 0.415 e. The van der Waals surface area contributed by atoms with E-state index in [2.05, 4.69) is 21.3 Å². The number of aromatic nitrogens is 7. The number of unbranched alkanes of at least 4 members (excludes halogenated alkanes) is 1. The maximum absolute atomic E-state index is 14.4. The number of methoxy groups -OCH3 is 1. The van der Waals surface area contributed by atoms with Crippen molar-refractivity contribution in [1.29, 1.82) is 0 Å². The van der Waals surface area contributed by atoms with Gasteiger partial charge in [-0.2, -0.15) is 0 Å². The molecule has 0 radical (unpaired) electrons. The van der Waals surface area contributed by atoms with E-state index in [-0.39, 0.29) is 86.0 Å². The third-order valence-electron chi connectivity index (χ3n) is 14.8. The second kappa shape index (κ2) is 28.8. The number of pyridine rings is 1. The van der Waals surface area contributed by atoms with E-state index in [1.165, 1.54) is 64.4 Å². The summed E-state index contributed by atoms with van der Waals surface area (Å²) in [7, 11) is 2.94. The molecule has 90 heavy (non-hydrogen) atoms. The number of hydrogen-bond donors (Lipinski definition) is 7. The van der Waals surface area contributed by atoms with E-state index < -0.39 is 78.2 Å². The molecule has 10 bridgehead atoms. The molecule has 1 saturated carbocycles. The van der Waals surface area contributed by atoms with Crippen molar-refractivity contribution in [3.63, 3.8) is 0 Å². The fourth-order valence-corrected chi connectivity index (χ4v) is 15.4. The molecule has 8 heterocycles. The number of hydrogen-bond acceptors (Lipinski definition) is 24. The van der Waals surface area contributed by atoms with Crippen LogP contribution >= 0.6 is 68.0 Å². The molecule has 1 aliphatic heterocycles. The van der Waals surface area contributed by atoms with Gasteiger partial charge in [0, 0.05) is 77.3 Å².